The van der Waals surface area contributed by atoms with Crippen molar-refractivity contribution >= 4 is 11.4 Å². The van der Waals surface area contributed by atoms with Crippen LogP contribution in [0.1, 0.15) is 12.8 Å². The highest BCUT2D eigenvalue weighted by molar-refractivity contribution is 5.64. The number of benzene rings is 1. The van der Waals surface area contributed by atoms with E-state index in [9.17, 15) is 18.9 Å². The van der Waals surface area contributed by atoms with Gasteiger partial charge in [-0.1, -0.05) is 0 Å². The van der Waals surface area contributed by atoms with Gasteiger partial charge in [-0.05, 0) is 18.9 Å². The zero-order valence-electron chi connectivity index (χ0n) is 11.3. The zero-order valence-corrected chi connectivity index (χ0v) is 11.3. The van der Waals surface area contributed by atoms with Gasteiger partial charge < -0.3 is 14.7 Å². The molecule has 1 N–H and O–H groups in total. The van der Waals surface area contributed by atoms with E-state index in [1.165, 1.54) is 4.90 Å². The highest BCUT2D eigenvalue weighted by atomic mass is 19.2. The molecule has 6 nitrogen and oxygen atoms in total. The van der Waals surface area contributed by atoms with Gasteiger partial charge in [0.05, 0.1) is 24.2 Å². The van der Waals surface area contributed by atoms with E-state index in [1.807, 2.05) is 0 Å². The van der Waals surface area contributed by atoms with E-state index in [0.29, 0.717) is 25.9 Å². The summed E-state index contributed by atoms with van der Waals surface area (Å²) in [7, 11) is 0. The third-order valence-corrected chi connectivity index (χ3v) is 3.45. The summed E-state index contributed by atoms with van der Waals surface area (Å²) in [5, 5.41) is 19.7. The summed E-state index contributed by atoms with van der Waals surface area (Å²) in [6.45, 7) is 0.804. The van der Waals surface area contributed by atoms with Crippen LogP contribution in [0, 0.1) is 21.7 Å². The van der Waals surface area contributed by atoms with Crippen LogP contribution in [-0.4, -0.2) is 42.4 Å². The molecule has 0 aromatic heterocycles. The second-order valence-corrected chi connectivity index (χ2v) is 4.77. The van der Waals surface area contributed by atoms with Crippen molar-refractivity contribution in [2.24, 2.45) is 0 Å². The lowest BCUT2D eigenvalue weighted by Gasteiger charge is -2.33. The maximum Gasteiger partial charge on any atom is 0.295 e. The highest BCUT2D eigenvalue weighted by Crippen LogP contribution is 2.34. The Balaban J connectivity index is 2.16. The number of rotatable bonds is 5. The van der Waals surface area contributed by atoms with Crippen LogP contribution in [0.15, 0.2) is 12.1 Å². The van der Waals surface area contributed by atoms with Crippen molar-refractivity contribution in [1.82, 2.24) is 0 Å². The van der Waals surface area contributed by atoms with E-state index < -0.39 is 22.2 Å². The maximum absolute atomic E-state index is 13.9. The minimum Gasteiger partial charge on any atom is -0.394 e. The van der Waals surface area contributed by atoms with Gasteiger partial charge in [-0.25, -0.2) is 8.78 Å². The molecule has 8 heteroatoms. The van der Waals surface area contributed by atoms with Crippen molar-refractivity contribution in [3.8, 4) is 0 Å². The summed E-state index contributed by atoms with van der Waals surface area (Å²) in [4.78, 5) is 11.7. The van der Waals surface area contributed by atoms with Gasteiger partial charge >= 0.3 is 0 Å². The minimum atomic E-state index is -1.20. The van der Waals surface area contributed by atoms with Crippen LogP contribution in [0.3, 0.4) is 0 Å². The molecule has 1 aliphatic rings. The lowest BCUT2D eigenvalue weighted by molar-refractivity contribution is -0.384. The first-order valence-corrected chi connectivity index (χ1v) is 6.64. The van der Waals surface area contributed by atoms with E-state index in [4.69, 9.17) is 9.84 Å². The van der Waals surface area contributed by atoms with Crippen molar-refractivity contribution in [3.05, 3.63) is 33.9 Å². The van der Waals surface area contributed by atoms with Gasteiger partial charge in [-0.3, -0.25) is 10.1 Å². The van der Waals surface area contributed by atoms with Crippen LogP contribution in [0.25, 0.3) is 0 Å². The SMILES string of the molecule is O=[N+]([O-])c1ccc(F)c(F)c1N1CCC(OCCO)CC1. The Hall–Kier alpha value is -1.80. The lowest BCUT2D eigenvalue weighted by atomic mass is 10.1. The Labute approximate surface area is 120 Å². The minimum absolute atomic E-state index is 0.0792. The molecule has 1 aromatic rings. The van der Waals surface area contributed by atoms with Gasteiger partial charge in [0.2, 0.25) is 0 Å². The largest absolute Gasteiger partial charge is 0.394 e. The molecule has 0 spiro atoms. The topological polar surface area (TPSA) is 75.8 Å². The molecule has 2 rings (SSSR count). The van der Waals surface area contributed by atoms with Crippen LogP contribution in [0.4, 0.5) is 20.2 Å². The average Bonchev–Trinajstić information content (AvgIpc) is 2.48. The smallest absolute Gasteiger partial charge is 0.295 e. The number of nitrogens with zero attached hydrogens (tertiary/aromatic N) is 2. The second kappa shape index (κ2) is 6.77. The molecule has 1 aliphatic heterocycles. The number of ether oxygens (including phenoxy) is 1. The number of aliphatic hydroxyl groups excluding tert-OH is 1. The molecule has 1 fully saturated rings. The zero-order chi connectivity index (χ0) is 15.4. The van der Waals surface area contributed by atoms with Gasteiger partial charge in [-0.2, -0.15) is 0 Å². The molecule has 116 valence electrons. The van der Waals surface area contributed by atoms with Crippen LogP contribution in [-0.2, 0) is 4.74 Å². The summed E-state index contributed by atoms with van der Waals surface area (Å²) in [6.07, 6.45) is 0.990. The number of piperidine rings is 1. The van der Waals surface area contributed by atoms with Crippen molar-refractivity contribution in [1.29, 1.82) is 0 Å². The van der Waals surface area contributed by atoms with E-state index >= 15 is 0 Å². The third kappa shape index (κ3) is 3.45. The van der Waals surface area contributed by atoms with Gasteiger partial charge in [0.25, 0.3) is 5.69 Å². The predicted octanol–water partition coefficient (Wildman–Crippen LogP) is 1.85. The van der Waals surface area contributed by atoms with Gasteiger partial charge in [0, 0.05) is 19.2 Å². The second-order valence-electron chi connectivity index (χ2n) is 4.77. The van der Waals surface area contributed by atoms with E-state index in [2.05, 4.69) is 0 Å². The number of nitro groups is 1. The summed E-state index contributed by atoms with van der Waals surface area (Å²) in [5.41, 5.74) is -0.746. The van der Waals surface area contributed by atoms with E-state index in [0.717, 1.165) is 12.1 Å². The maximum atomic E-state index is 13.9. The fourth-order valence-corrected chi connectivity index (χ4v) is 2.44. The number of hydrogen-bond donors (Lipinski definition) is 1. The first-order valence-electron chi connectivity index (χ1n) is 6.64. The van der Waals surface area contributed by atoms with Crippen molar-refractivity contribution in [2.45, 2.75) is 18.9 Å². The number of anilines is 1. The third-order valence-electron chi connectivity index (χ3n) is 3.45. The van der Waals surface area contributed by atoms with Crippen LogP contribution in [0.2, 0.25) is 0 Å². The van der Waals surface area contributed by atoms with Crippen molar-refractivity contribution < 1.29 is 23.5 Å². The molecule has 0 aliphatic carbocycles. The van der Waals surface area contributed by atoms with Crippen molar-refractivity contribution in [3.63, 3.8) is 0 Å². The van der Waals surface area contributed by atoms with E-state index in [1.54, 1.807) is 0 Å². The molecule has 0 atom stereocenters. The first-order chi connectivity index (χ1) is 10.0. The molecule has 0 amide bonds. The molecular weight excluding hydrogens is 286 g/mol. The molecule has 1 saturated heterocycles. The average molecular weight is 302 g/mol. The fourth-order valence-electron chi connectivity index (χ4n) is 2.44. The van der Waals surface area contributed by atoms with Gasteiger partial charge in [0.1, 0.15) is 0 Å². The van der Waals surface area contributed by atoms with Crippen LogP contribution in [0.5, 0.6) is 0 Å². The normalized spacial score (nSPS) is 16.2. The van der Waals surface area contributed by atoms with Gasteiger partial charge in [-0.15, -0.1) is 0 Å². The summed E-state index contributed by atoms with van der Waals surface area (Å²) in [5.74, 6) is -2.30. The Kier molecular flexibility index (Phi) is 5.03. The number of nitro benzene ring substituents is 1. The molecular formula is C13H16F2N2O4. The van der Waals surface area contributed by atoms with Crippen LogP contribution < -0.4 is 4.90 Å². The summed E-state index contributed by atoms with van der Waals surface area (Å²) >= 11 is 0. The molecule has 0 bridgehead atoms. The highest BCUT2D eigenvalue weighted by Gasteiger charge is 2.29. The van der Waals surface area contributed by atoms with Crippen LogP contribution >= 0.6 is 0 Å². The van der Waals surface area contributed by atoms with E-state index in [-0.39, 0.29) is 25.0 Å². The summed E-state index contributed by atoms with van der Waals surface area (Å²) in [6, 6.07) is 1.73. The Morgan fingerprint density at radius 2 is 2.05 bits per heavy atom. The monoisotopic (exact) mass is 302 g/mol. The lowest BCUT2D eigenvalue weighted by Crippen LogP contribution is -2.38. The molecule has 0 saturated carbocycles. The fraction of sp³-hybridized carbons (Fsp3) is 0.538. The molecule has 1 aromatic carbocycles. The van der Waals surface area contributed by atoms with Crippen molar-refractivity contribution in [2.75, 3.05) is 31.2 Å². The Bertz CT molecular complexity index is 519. The molecule has 0 radical (unpaired) electrons. The Morgan fingerprint density at radius 1 is 1.38 bits per heavy atom. The Morgan fingerprint density at radius 3 is 2.62 bits per heavy atom. The molecule has 1 heterocycles. The summed E-state index contributed by atoms with van der Waals surface area (Å²) < 4.78 is 32.6. The molecule has 0 unspecified atom stereocenters. The first kappa shape index (κ1) is 15.6. The van der Waals surface area contributed by atoms with Gasteiger partial charge in [0.15, 0.2) is 17.3 Å². The number of halogens is 2. The number of hydrogen-bond acceptors (Lipinski definition) is 5. The molecule has 21 heavy (non-hydrogen) atoms. The quantitative estimate of drug-likeness (QED) is 0.663. The number of aliphatic hydroxyl groups is 1. The standard InChI is InChI=1S/C13H16F2N2O4/c14-10-1-2-11(17(19)20)13(12(10)15)16-5-3-9(4-6-16)21-8-7-18/h1-2,9,18H,3-8H2. The predicted molar refractivity (Wildman–Crippen MR) is 71.3 cm³/mol.